The smallest absolute Gasteiger partial charge is 0.306 e. The summed E-state index contributed by atoms with van der Waals surface area (Å²) in [5.74, 6) is -0.649. The van der Waals surface area contributed by atoms with Gasteiger partial charge in [-0.05, 0) is 18.8 Å². The molecular formula is C10H20O3. The van der Waals surface area contributed by atoms with Crippen molar-refractivity contribution in [1.29, 1.82) is 0 Å². The van der Waals surface area contributed by atoms with Crippen LogP contribution in [0.3, 0.4) is 0 Å². The molecule has 0 aromatic carbocycles. The molecule has 0 aromatic heterocycles. The van der Waals surface area contributed by atoms with Crippen molar-refractivity contribution in [2.24, 2.45) is 11.8 Å². The first-order valence-corrected chi connectivity index (χ1v) is 4.81. The van der Waals surface area contributed by atoms with E-state index in [1.807, 2.05) is 13.8 Å². The third kappa shape index (κ3) is 5.64. The lowest BCUT2D eigenvalue weighted by Crippen LogP contribution is -2.19. The Labute approximate surface area is 80.1 Å². The third-order valence-electron chi connectivity index (χ3n) is 2.24. The van der Waals surface area contributed by atoms with Crippen LogP contribution in [-0.2, 0) is 9.53 Å². The van der Waals surface area contributed by atoms with Crippen LogP contribution in [0.25, 0.3) is 0 Å². The largest absolute Gasteiger partial charge is 0.481 e. The normalized spacial score (nSPS) is 13.2. The lowest BCUT2D eigenvalue weighted by molar-refractivity contribution is -0.143. The highest BCUT2D eigenvalue weighted by molar-refractivity contribution is 5.70. The van der Waals surface area contributed by atoms with Crippen LogP contribution in [0.2, 0.25) is 0 Å². The number of rotatable bonds is 7. The molecule has 0 saturated heterocycles. The maximum absolute atomic E-state index is 10.8. The van der Waals surface area contributed by atoms with E-state index in [0.29, 0.717) is 0 Å². The number of unbranched alkanes of at least 4 members (excludes halogenated alkanes) is 1. The first-order valence-electron chi connectivity index (χ1n) is 4.81. The number of hydrogen-bond donors (Lipinski definition) is 1. The van der Waals surface area contributed by atoms with Crippen molar-refractivity contribution >= 4 is 5.97 Å². The zero-order chi connectivity index (χ0) is 10.3. The van der Waals surface area contributed by atoms with Gasteiger partial charge in [-0.15, -0.1) is 0 Å². The van der Waals surface area contributed by atoms with Gasteiger partial charge in [-0.3, -0.25) is 4.79 Å². The SMILES string of the molecule is COCCCCC(C(=O)O)C(C)C. The Hall–Kier alpha value is -0.570. The van der Waals surface area contributed by atoms with Crippen molar-refractivity contribution in [2.75, 3.05) is 13.7 Å². The second-order valence-corrected chi connectivity index (χ2v) is 3.68. The summed E-state index contributed by atoms with van der Waals surface area (Å²) in [4.78, 5) is 10.8. The van der Waals surface area contributed by atoms with Crippen molar-refractivity contribution in [1.82, 2.24) is 0 Å². The molecule has 0 spiro atoms. The summed E-state index contributed by atoms with van der Waals surface area (Å²) in [7, 11) is 1.66. The molecular weight excluding hydrogens is 168 g/mol. The molecule has 3 nitrogen and oxygen atoms in total. The minimum absolute atomic E-state index is 0.197. The van der Waals surface area contributed by atoms with Crippen LogP contribution in [0.1, 0.15) is 33.1 Å². The van der Waals surface area contributed by atoms with Crippen LogP contribution in [0.5, 0.6) is 0 Å². The maximum Gasteiger partial charge on any atom is 0.306 e. The number of aliphatic carboxylic acids is 1. The van der Waals surface area contributed by atoms with E-state index >= 15 is 0 Å². The summed E-state index contributed by atoms with van der Waals surface area (Å²) >= 11 is 0. The molecule has 0 saturated carbocycles. The number of carboxylic acids is 1. The average Bonchev–Trinajstić information content (AvgIpc) is 2.02. The van der Waals surface area contributed by atoms with E-state index in [2.05, 4.69) is 0 Å². The van der Waals surface area contributed by atoms with E-state index in [1.54, 1.807) is 7.11 Å². The second kappa shape index (κ2) is 6.89. The van der Waals surface area contributed by atoms with Gasteiger partial charge in [0, 0.05) is 13.7 Å². The minimum atomic E-state index is -0.674. The van der Waals surface area contributed by atoms with Crippen LogP contribution in [-0.4, -0.2) is 24.8 Å². The molecule has 0 aliphatic heterocycles. The van der Waals surface area contributed by atoms with Gasteiger partial charge in [-0.2, -0.15) is 0 Å². The lowest BCUT2D eigenvalue weighted by Gasteiger charge is -2.15. The van der Waals surface area contributed by atoms with Crippen LogP contribution < -0.4 is 0 Å². The highest BCUT2D eigenvalue weighted by Crippen LogP contribution is 2.18. The molecule has 13 heavy (non-hydrogen) atoms. The van der Waals surface area contributed by atoms with Gasteiger partial charge in [0.05, 0.1) is 5.92 Å². The monoisotopic (exact) mass is 188 g/mol. The molecule has 0 radical (unpaired) electrons. The lowest BCUT2D eigenvalue weighted by atomic mass is 9.91. The van der Waals surface area contributed by atoms with Gasteiger partial charge in [-0.25, -0.2) is 0 Å². The molecule has 3 heteroatoms. The van der Waals surface area contributed by atoms with Gasteiger partial charge in [0.25, 0.3) is 0 Å². The summed E-state index contributed by atoms with van der Waals surface area (Å²) in [5.41, 5.74) is 0. The molecule has 1 N–H and O–H groups in total. The van der Waals surface area contributed by atoms with Crippen LogP contribution in [0.15, 0.2) is 0 Å². The number of carboxylic acid groups (broad SMARTS) is 1. The zero-order valence-electron chi connectivity index (χ0n) is 8.75. The summed E-state index contributed by atoms with van der Waals surface area (Å²) in [6.07, 6.45) is 2.65. The van der Waals surface area contributed by atoms with Gasteiger partial charge >= 0.3 is 5.97 Å². The van der Waals surface area contributed by atoms with Gasteiger partial charge < -0.3 is 9.84 Å². The Bertz CT molecular complexity index is 143. The number of methoxy groups -OCH3 is 1. The summed E-state index contributed by atoms with van der Waals surface area (Å²) in [6, 6.07) is 0. The van der Waals surface area contributed by atoms with Crippen LogP contribution in [0, 0.1) is 11.8 Å². The van der Waals surface area contributed by atoms with Crippen molar-refractivity contribution in [3.63, 3.8) is 0 Å². The topological polar surface area (TPSA) is 46.5 Å². The van der Waals surface area contributed by atoms with E-state index in [4.69, 9.17) is 9.84 Å². The van der Waals surface area contributed by atoms with Gasteiger partial charge in [-0.1, -0.05) is 20.3 Å². The third-order valence-corrected chi connectivity index (χ3v) is 2.24. The van der Waals surface area contributed by atoms with Gasteiger partial charge in [0.15, 0.2) is 0 Å². The predicted molar refractivity (Wildman–Crippen MR) is 51.7 cm³/mol. The highest BCUT2D eigenvalue weighted by Gasteiger charge is 2.20. The minimum Gasteiger partial charge on any atom is -0.481 e. The van der Waals surface area contributed by atoms with E-state index < -0.39 is 5.97 Å². The molecule has 0 aliphatic carbocycles. The Morgan fingerprint density at radius 2 is 2.00 bits per heavy atom. The molecule has 0 rings (SSSR count). The van der Waals surface area contributed by atoms with E-state index in [9.17, 15) is 4.79 Å². The fourth-order valence-corrected chi connectivity index (χ4v) is 1.35. The Kier molecular flexibility index (Phi) is 6.59. The summed E-state index contributed by atoms with van der Waals surface area (Å²) < 4.78 is 4.90. The van der Waals surface area contributed by atoms with Crippen LogP contribution >= 0.6 is 0 Å². The average molecular weight is 188 g/mol. The first kappa shape index (κ1) is 12.4. The second-order valence-electron chi connectivity index (χ2n) is 3.68. The van der Waals surface area contributed by atoms with Crippen molar-refractivity contribution in [2.45, 2.75) is 33.1 Å². The quantitative estimate of drug-likeness (QED) is 0.623. The fourth-order valence-electron chi connectivity index (χ4n) is 1.35. The van der Waals surface area contributed by atoms with Gasteiger partial charge in [0.1, 0.15) is 0 Å². The van der Waals surface area contributed by atoms with E-state index in [0.717, 1.165) is 25.9 Å². The van der Waals surface area contributed by atoms with Crippen molar-refractivity contribution in [3.8, 4) is 0 Å². The van der Waals surface area contributed by atoms with E-state index in [-0.39, 0.29) is 11.8 Å². The summed E-state index contributed by atoms with van der Waals surface area (Å²) in [5, 5.41) is 8.87. The number of ether oxygens (including phenoxy) is 1. The van der Waals surface area contributed by atoms with Crippen molar-refractivity contribution in [3.05, 3.63) is 0 Å². The molecule has 0 heterocycles. The molecule has 1 atom stereocenters. The highest BCUT2D eigenvalue weighted by atomic mass is 16.5. The maximum atomic E-state index is 10.8. The molecule has 0 aromatic rings. The van der Waals surface area contributed by atoms with Crippen molar-refractivity contribution < 1.29 is 14.6 Å². The predicted octanol–water partition coefficient (Wildman–Crippen LogP) is 2.16. The molecule has 0 bridgehead atoms. The molecule has 0 amide bonds. The van der Waals surface area contributed by atoms with Crippen LogP contribution in [0.4, 0.5) is 0 Å². The Morgan fingerprint density at radius 1 is 1.38 bits per heavy atom. The molecule has 0 fully saturated rings. The molecule has 0 aliphatic rings. The molecule has 1 unspecified atom stereocenters. The fraction of sp³-hybridized carbons (Fsp3) is 0.900. The molecule has 78 valence electrons. The Morgan fingerprint density at radius 3 is 2.38 bits per heavy atom. The zero-order valence-corrected chi connectivity index (χ0v) is 8.75. The van der Waals surface area contributed by atoms with Gasteiger partial charge in [0.2, 0.25) is 0 Å². The standard InChI is InChI=1S/C10H20O3/c1-8(2)9(10(11)12)6-4-5-7-13-3/h8-9H,4-7H2,1-3H3,(H,11,12). The Balaban J connectivity index is 3.64. The van der Waals surface area contributed by atoms with E-state index in [1.165, 1.54) is 0 Å². The first-order chi connectivity index (χ1) is 6.09. The number of carbonyl (C=O) groups is 1. The summed E-state index contributed by atoms with van der Waals surface area (Å²) in [6.45, 7) is 4.63. The number of hydrogen-bond acceptors (Lipinski definition) is 2.